The number of rotatable bonds is 8. The van der Waals surface area contributed by atoms with Gasteiger partial charge in [-0.2, -0.15) is 5.26 Å². The van der Waals surface area contributed by atoms with E-state index in [9.17, 15) is 5.26 Å². The molecule has 0 aliphatic heterocycles. The third kappa shape index (κ3) is 5.38. The first-order valence-corrected chi connectivity index (χ1v) is 8.12. The van der Waals surface area contributed by atoms with Crippen LogP contribution in [0.4, 0.5) is 0 Å². The van der Waals surface area contributed by atoms with Crippen LogP contribution >= 0.6 is 0 Å². The second-order valence-corrected chi connectivity index (χ2v) is 6.22. The summed E-state index contributed by atoms with van der Waals surface area (Å²) in [4.78, 5) is 4.29. The van der Waals surface area contributed by atoms with Crippen LogP contribution in [-0.4, -0.2) is 44.1 Å². The highest BCUT2D eigenvalue weighted by Gasteiger charge is 2.11. The highest BCUT2D eigenvalue weighted by molar-refractivity contribution is 5.48. The minimum atomic E-state index is 0.558. The normalized spacial score (nSPS) is 10.8. The van der Waals surface area contributed by atoms with Crippen LogP contribution in [0.2, 0.25) is 0 Å². The van der Waals surface area contributed by atoms with Crippen molar-refractivity contribution in [1.82, 2.24) is 9.80 Å². The molecule has 0 amide bonds. The quantitative estimate of drug-likeness (QED) is 0.748. The lowest BCUT2D eigenvalue weighted by Gasteiger charge is -2.19. The Kier molecular flexibility index (Phi) is 6.80. The highest BCUT2D eigenvalue weighted by Crippen LogP contribution is 2.24. The highest BCUT2D eigenvalue weighted by atomic mass is 16.5. The zero-order valence-corrected chi connectivity index (χ0v) is 14.7. The first-order valence-electron chi connectivity index (χ1n) is 8.12. The van der Waals surface area contributed by atoms with Crippen molar-refractivity contribution in [2.75, 3.05) is 34.3 Å². The van der Waals surface area contributed by atoms with Crippen LogP contribution in [0.5, 0.6) is 5.75 Å². The smallest absolute Gasteiger partial charge is 0.141 e. The van der Waals surface area contributed by atoms with Gasteiger partial charge in [-0.25, -0.2) is 0 Å². The maximum absolute atomic E-state index is 9.33. The maximum Gasteiger partial charge on any atom is 0.141 e. The van der Waals surface area contributed by atoms with Crippen molar-refractivity contribution in [3.05, 3.63) is 65.2 Å². The van der Waals surface area contributed by atoms with Crippen LogP contribution in [-0.2, 0) is 13.1 Å². The van der Waals surface area contributed by atoms with Gasteiger partial charge in [-0.05, 0) is 32.8 Å². The Hall–Kier alpha value is -2.35. The van der Waals surface area contributed by atoms with E-state index in [1.54, 1.807) is 0 Å². The Morgan fingerprint density at radius 1 is 0.958 bits per heavy atom. The number of hydrogen-bond acceptors (Lipinski definition) is 4. The molecule has 0 heterocycles. The summed E-state index contributed by atoms with van der Waals surface area (Å²) in [6.07, 6.45) is 0. The van der Waals surface area contributed by atoms with E-state index >= 15 is 0 Å². The second kappa shape index (κ2) is 9.07. The van der Waals surface area contributed by atoms with E-state index in [1.165, 1.54) is 5.56 Å². The van der Waals surface area contributed by atoms with Gasteiger partial charge in [0.15, 0.2) is 0 Å². The zero-order valence-electron chi connectivity index (χ0n) is 14.7. The van der Waals surface area contributed by atoms with Gasteiger partial charge in [0.05, 0.1) is 5.56 Å². The predicted octanol–water partition coefficient (Wildman–Crippen LogP) is 3.13. The lowest BCUT2D eigenvalue weighted by molar-refractivity contribution is 0.229. The molecule has 0 spiro atoms. The van der Waals surface area contributed by atoms with Crippen molar-refractivity contribution in [1.29, 1.82) is 5.26 Å². The minimum Gasteiger partial charge on any atom is -0.491 e. The Morgan fingerprint density at radius 3 is 2.38 bits per heavy atom. The summed E-state index contributed by atoms with van der Waals surface area (Å²) in [6, 6.07) is 18.3. The summed E-state index contributed by atoms with van der Waals surface area (Å²) >= 11 is 0. The van der Waals surface area contributed by atoms with Gasteiger partial charge in [0.1, 0.15) is 18.4 Å². The van der Waals surface area contributed by atoms with Crippen molar-refractivity contribution in [2.45, 2.75) is 13.1 Å². The Morgan fingerprint density at radius 2 is 1.71 bits per heavy atom. The van der Waals surface area contributed by atoms with E-state index in [1.807, 2.05) is 38.4 Å². The standard InChI is InChI=1S/C20H25N3O/c1-22(2)16-19-11-7-10-18(14-21)20(19)24-13-12-23(3)15-17-8-5-4-6-9-17/h4-11H,12-13,15-16H2,1-3H3. The molecule has 0 fully saturated rings. The van der Waals surface area contributed by atoms with Crippen molar-refractivity contribution in [3.63, 3.8) is 0 Å². The number of likely N-dealkylation sites (N-methyl/N-ethyl adjacent to an activating group) is 1. The van der Waals surface area contributed by atoms with Gasteiger partial charge in [0, 0.05) is 25.2 Å². The average molecular weight is 323 g/mol. The molecule has 2 aromatic rings. The Labute approximate surface area is 144 Å². The average Bonchev–Trinajstić information content (AvgIpc) is 2.56. The van der Waals surface area contributed by atoms with E-state index in [2.05, 4.69) is 47.2 Å². The fraction of sp³-hybridized carbons (Fsp3) is 0.350. The molecule has 0 atom stereocenters. The van der Waals surface area contributed by atoms with Crippen LogP contribution in [0.3, 0.4) is 0 Å². The van der Waals surface area contributed by atoms with Gasteiger partial charge in [0.2, 0.25) is 0 Å². The minimum absolute atomic E-state index is 0.558. The summed E-state index contributed by atoms with van der Waals surface area (Å²) in [5.74, 6) is 0.710. The van der Waals surface area contributed by atoms with Crippen LogP contribution in [0, 0.1) is 11.3 Å². The first-order chi connectivity index (χ1) is 11.6. The molecule has 0 N–H and O–H groups in total. The number of hydrogen-bond donors (Lipinski definition) is 0. The van der Waals surface area contributed by atoms with Crippen molar-refractivity contribution < 1.29 is 4.74 Å². The topological polar surface area (TPSA) is 39.5 Å². The first kappa shape index (κ1) is 18.0. The molecule has 0 saturated heterocycles. The number of nitrogens with zero attached hydrogens (tertiary/aromatic N) is 3. The van der Waals surface area contributed by atoms with E-state index in [0.29, 0.717) is 17.9 Å². The molecule has 0 aliphatic carbocycles. The molecule has 0 aliphatic rings. The van der Waals surface area contributed by atoms with Gasteiger partial charge < -0.3 is 9.64 Å². The molecule has 24 heavy (non-hydrogen) atoms. The predicted molar refractivity (Wildman–Crippen MR) is 96.8 cm³/mol. The zero-order chi connectivity index (χ0) is 17.4. The molecule has 2 rings (SSSR count). The number of nitriles is 1. The monoisotopic (exact) mass is 323 g/mol. The molecule has 2 aromatic carbocycles. The van der Waals surface area contributed by atoms with E-state index in [0.717, 1.165) is 25.2 Å². The Bertz CT molecular complexity index is 677. The molecule has 0 aromatic heterocycles. The van der Waals surface area contributed by atoms with E-state index < -0.39 is 0 Å². The third-order valence-corrected chi connectivity index (χ3v) is 3.72. The van der Waals surface area contributed by atoms with Crippen LogP contribution in [0.15, 0.2) is 48.5 Å². The van der Waals surface area contributed by atoms with Gasteiger partial charge in [-0.1, -0.05) is 42.5 Å². The van der Waals surface area contributed by atoms with Crippen LogP contribution in [0.25, 0.3) is 0 Å². The lowest BCUT2D eigenvalue weighted by atomic mass is 10.1. The van der Waals surface area contributed by atoms with Gasteiger partial charge in [-0.15, -0.1) is 0 Å². The molecule has 0 bridgehead atoms. The lowest BCUT2D eigenvalue weighted by Crippen LogP contribution is -2.24. The summed E-state index contributed by atoms with van der Waals surface area (Å²) < 4.78 is 5.98. The molecule has 4 heteroatoms. The van der Waals surface area contributed by atoms with Crippen molar-refractivity contribution >= 4 is 0 Å². The summed E-state index contributed by atoms with van der Waals surface area (Å²) in [6.45, 7) is 3.00. The van der Waals surface area contributed by atoms with Crippen LogP contribution < -0.4 is 4.74 Å². The van der Waals surface area contributed by atoms with Crippen LogP contribution in [0.1, 0.15) is 16.7 Å². The number of benzene rings is 2. The molecule has 4 nitrogen and oxygen atoms in total. The summed E-state index contributed by atoms with van der Waals surface area (Å²) in [5.41, 5.74) is 2.93. The molecule has 0 unspecified atom stereocenters. The van der Waals surface area contributed by atoms with Crippen molar-refractivity contribution in [3.8, 4) is 11.8 Å². The van der Waals surface area contributed by atoms with Gasteiger partial charge in [0.25, 0.3) is 0 Å². The Balaban J connectivity index is 1.95. The van der Waals surface area contributed by atoms with Gasteiger partial charge >= 0.3 is 0 Å². The second-order valence-electron chi connectivity index (χ2n) is 6.22. The summed E-state index contributed by atoms with van der Waals surface area (Å²) in [7, 11) is 6.10. The van der Waals surface area contributed by atoms with E-state index in [-0.39, 0.29) is 0 Å². The maximum atomic E-state index is 9.33. The van der Waals surface area contributed by atoms with Crippen molar-refractivity contribution in [2.24, 2.45) is 0 Å². The van der Waals surface area contributed by atoms with E-state index in [4.69, 9.17) is 4.74 Å². The third-order valence-electron chi connectivity index (χ3n) is 3.72. The SMILES string of the molecule is CN(C)Cc1cccc(C#N)c1OCCN(C)Cc1ccccc1. The van der Waals surface area contributed by atoms with Gasteiger partial charge in [-0.3, -0.25) is 4.90 Å². The summed E-state index contributed by atoms with van der Waals surface area (Å²) in [5, 5.41) is 9.33. The fourth-order valence-corrected chi connectivity index (χ4v) is 2.59. The number of ether oxygens (including phenoxy) is 1. The molecular formula is C20H25N3O. The molecule has 0 saturated carbocycles. The largest absolute Gasteiger partial charge is 0.491 e. The molecule has 0 radical (unpaired) electrons. The fourth-order valence-electron chi connectivity index (χ4n) is 2.59. The number of para-hydroxylation sites is 1. The molecule has 126 valence electrons. The molecular weight excluding hydrogens is 298 g/mol.